The van der Waals surface area contributed by atoms with Gasteiger partial charge in [0.25, 0.3) is 11.8 Å². The summed E-state index contributed by atoms with van der Waals surface area (Å²) in [6, 6.07) is 4.35. The number of likely N-dealkylation sites (tertiary alicyclic amines) is 1. The van der Waals surface area contributed by atoms with Crippen molar-refractivity contribution in [1.82, 2.24) is 34.8 Å². The van der Waals surface area contributed by atoms with Crippen LogP contribution in [0.3, 0.4) is 0 Å². The van der Waals surface area contributed by atoms with Gasteiger partial charge in [-0.25, -0.2) is 19.0 Å². The van der Waals surface area contributed by atoms with Crippen LogP contribution >= 0.6 is 0 Å². The molecule has 304 valence electrons. The number of aromatic nitrogens is 3. The number of amides is 2. The number of benzene rings is 1. The monoisotopic (exact) mass is 770 g/mol. The Kier molecular flexibility index (Phi) is 16.5. The fraction of sp³-hybridized carbons (Fsp3) is 0.615. The molecule has 55 heavy (non-hydrogen) atoms. The standard InChI is InChI=1S/C35H55FN8O3.C4H4O4/c1-24(2)29(11-10-16-41(9)17-14-31(45)40(7)8)43-21-35(22-43)15-18-42(20-35)32-33(39-38-23-37-32)47-30-13-12-27(36)19-28(30)34(46)44(25(3)4)26(5)6;5-3(6)1-2-4(7)8/h12-13,19,23-26,29H,10-11,14-18,20-22H2,1-9H3;1-2H,(H,5,6)(H,7,8)/b;2-1+/t29-;/m0./s1. The summed E-state index contributed by atoms with van der Waals surface area (Å²) >= 11 is 0. The molecule has 2 saturated heterocycles. The first-order valence-electron chi connectivity index (χ1n) is 18.8. The minimum atomic E-state index is -1.26. The minimum Gasteiger partial charge on any atom is -0.478 e. The van der Waals surface area contributed by atoms with E-state index in [-0.39, 0.29) is 46.5 Å². The molecule has 15 nitrogen and oxygen atoms in total. The summed E-state index contributed by atoms with van der Waals surface area (Å²) < 4.78 is 20.6. The Morgan fingerprint density at radius 1 is 0.964 bits per heavy atom. The van der Waals surface area contributed by atoms with E-state index in [0.717, 1.165) is 58.5 Å². The maximum Gasteiger partial charge on any atom is 0.328 e. The lowest BCUT2D eigenvalue weighted by molar-refractivity contribution is -0.134. The van der Waals surface area contributed by atoms with Crippen LogP contribution < -0.4 is 9.64 Å². The maximum atomic E-state index is 14.4. The highest BCUT2D eigenvalue weighted by Crippen LogP contribution is 2.44. The Bertz CT molecular complexity index is 1620. The number of ether oxygens (including phenoxy) is 1. The van der Waals surface area contributed by atoms with Gasteiger partial charge in [0.1, 0.15) is 17.9 Å². The molecular weight excluding hydrogens is 711 g/mol. The van der Waals surface area contributed by atoms with Crippen LogP contribution in [-0.4, -0.2) is 147 Å². The van der Waals surface area contributed by atoms with Crippen LogP contribution in [0.4, 0.5) is 10.2 Å². The molecule has 0 aliphatic carbocycles. The van der Waals surface area contributed by atoms with Gasteiger partial charge in [0.05, 0.1) is 5.56 Å². The molecule has 2 fully saturated rings. The van der Waals surface area contributed by atoms with E-state index in [1.807, 2.05) is 27.7 Å². The minimum absolute atomic E-state index is 0.0724. The average Bonchev–Trinajstić information content (AvgIpc) is 3.54. The third-order valence-electron chi connectivity index (χ3n) is 9.97. The van der Waals surface area contributed by atoms with Crippen molar-refractivity contribution in [3.05, 3.63) is 48.1 Å². The SMILES string of the molecule is CC(C)[C@H](CCCN(C)CCC(=O)N(C)C)N1CC2(CCN(c3ncnnc3Oc3ccc(F)cc3C(=O)N(C(C)C)C(C)C)C2)C1.O=C(O)/C=C/C(=O)O. The number of aliphatic carboxylic acids is 2. The van der Waals surface area contributed by atoms with E-state index in [4.69, 9.17) is 14.9 Å². The average molecular weight is 771 g/mol. The van der Waals surface area contributed by atoms with Gasteiger partial charge in [0.15, 0.2) is 5.82 Å². The summed E-state index contributed by atoms with van der Waals surface area (Å²) in [6.45, 7) is 17.8. The van der Waals surface area contributed by atoms with E-state index in [1.165, 1.54) is 24.5 Å². The predicted molar refractivity (Wildman–Crippen MR) is 207 cm³/mol. The zero-order valence-corrected chi connectivity index (χ0v) is 33.7. The molecule has 1 atom stereocenters. The lowest BCUT2D eigenvalue weighted by atomic mass is 9.76. The second kappa shape index (κ2) is 20.3. The Morgan fingerprint density at radius 2 is 1.60 bits per heavy atom. The van der Waals surface area contributed by atoms with Gasteiger partial charge >= 0.3 is 11.9 Å². The number of halogens is 1. The van der Waals surface area contributed by atoms with Crippen molar-refractivity contribution in [2.75, 3.05) is 65.3 Å². The molecule has 2 N–H and O–H groups in total. The van der Waals surface area contributed by atoms with Gasteiger partial charge in [0, 0.05) is 88.9 Å². The first-order chi connectivity index (χ1) is 25.8. The highest BCUT2D eigenvalue weighted by molar-refractivity contribution is 5.97. The highest BCUT2D eigenvalue weighted by atomic mass is 19.1. The molecule has 1 spiro atoms. The third-order valence-corrected chi connectivity index (χ3v) is 9.97. The molecule has 0 radical (unpaired) electrons. The fourth-order valence-corrected chi connectivity index (χ4v) is 7.30. The second-order valence-corrected chi connectivity index (χ2v) is 15.6. The van der Waals surface area contributed by atoms with Gasteiger partial charge in [0.2, 0.25) is 5.91 Å². The lowest BCUT2D eigenvalue weighted by Gasteiger charge is -2.53. The Labute approximate surface area is 324 Å². The number of nitrogens with zero attached hydrogens (tertiary/aromatic N) is 8. The second-order valence-electron chi connectivity index (χ2n) is 15.6. The number of carbonyl (C=O) groups is 4. The molecule has 1 aromatic heterocycles. The van der Waals surface area contributed by atoms with Crippen LogP contribution in [0, 0.1) is 17.2 Å². The van der Waals surface area contributed by atoms with Crippen LogP contribution in [0.5, 0.6) is 11.6 Å². The molecule has 3 heterocycles. The number of carboxylic acid groups (broad SMARTS) is 2. The summed E-state index contributed by atoms with van der Waals surface area (Å²) in [5, 5.41) is 23.9. The van der Waals surface area contributed by atoms with Gasteiger partial charge in [-0.15, -0.1) is 10.2 Å². The van der Waals surface area contributed by atoms with Crippen molar-refractivity contribution in [3.8, 4) is 11.6 Å². The Morgan fingerprint density at radius 3 is 2.16 bits per heavy atom. The van der Waals surface area contributed by atoms with Crippen molar-refractivity contribution in [2.24, 2.45) is 11.3 Å². The topological polar surface area (TPSA) is 173 Å². The first kappa shape index (κ1) is 44.7. The summed E-state index contributed by atoms with van der Waals surface area (Å²) in [4.78, 5) is 59.6. The first-order valence-corrected chi connectivity index (χ1v) is 18.8. The smallest absolute Gasteiger partial charge is 0.328 e. The number of hydrogen-bond donors (Lipinski definition) is 2. The predicted octanol–water partition coefficient (Wildman–Crippen LogP) is 4.50. The third kappa shape index (κ3) is 12.9. The molecule has 0 saturated carbocycles. The van der Waals surface area contributed by atoms with Gasteiger partial charge in [-0.05, 0) is 84.7 Å². The summed E-state index contributed by atoms with van der Waals surface area (Å²) in [6.07, 6.45) is 6.34. The molecule has 2 aliphatic rings. The van der Waals surface area contributed by atoms with Gasteiger partial charge in [-0.1, -0.05) is 13.8 Å². The molecular formula is C39H59FN8O7. The molecule has 0 bridgehead atoms. The van der Waals surface area contributed by atoms with Gasteiger partial charge in [-0.2, -0.15) is 0 Å². The van der Waals surface area contributed by atoms with E-state index >= 15 is 0 Å². The van der Waals surface area contributed by atoms with Crippen LogP contribution in [0.1, 0.15) is 77.6 Å². The normalized spacial score (nSPS) is 15.7. The zero-order valence-electron chi connectivity index (χ0n) is 33.7. The van der Waals surface area contributed by atoms with E-state index in [1.54, 1.807) is 23.9 Å². The van der Waals surface area contributed by atoms with Crippen molar-refractivity contribution in [1.29, 1.82) is 0 Å². The largest absolute Gasteiger partial charge is 0.478 e. The van der Waals surface area contributed by atoms with Gasteiger partial charge in [-0.3, -0.25) is 14.5 Å². The number of hydrogen-bond acceptors (Lipinski definition) is 11. The number of rotatable bonds is 17. The molecule has 1 aromatic carbocycles. The summed E-state index contributed by atoms with van der Waals surface area (Å²) in [7, 11) is 5.70. The molecule has 2 aromatic rings. The van der Waals surface area contributed by atoms with Crippen LogP contribution in [-0.2, 0) is 14.4 Å². The van der Waals surface area contributed by atoms with Crippen molar-refractivity contribution < 1.29 is 38.5 Å². The van der Waals surface area contributed by atoms with E-state index in [9.17, 15) is 23.6 Å². The van der Waals surface area contributed by atoms with E-state index < -0.39 is 17.8 Å². The van der Waals surface area contributed by atoms with Crippen molar-refractivity contribution in [2.45, 2.75) is 85.4 Å². The van der Waals surface area contributed by atoms with Gasteiger partial charge < -0.3 is 34.5 Å². The number of carbonyl (C=O) groups excluding carboxylic acids is 2. The van der Waals surface area contributed by atoms with E-state index in [2.05, 4.69) is 50.8 Å². The Balaban J connectivity index is 0.000000912. The van der Waals surface area contributed by atoms with Crippen molar-refractivity contribution >= 4 is 29.6 Å². The van der Waals surface area contributed by atoms with Crippen LogP contribution in [0.2, 0.25) is 0 Å². The highest BCUT2D eigenvalue weighted by Gasteiger charge is 2.50. The van der Waals surface area contributed by atoms with E-state index in [0.29, 0.717) is 36.4 Å². The molecule has 2 aliphatic heterocycles. The van der Waals surface area contributed by atoms with Crippen molar-refractivity contribution in [3.63, 3.8) is 0 Å². The van der Waals surface area contributed by atoms with Crippen LogP contribution in [0.25, 0.3) is 0 Å². The Hall–Kier alpha value is -4.70. The van der Waals surface area contributed by atoms with Crippen LogP contribution in [0.15, 0.2) is 36.7 Å². The number of anilines is 1. The quantitative estimate of drug-likeness (QED) is 0.216. The molecule has 0 unspecified atom stereocenters. The maximum absolute atomic E-state index is 14.4. The number of carboxylic acids is 2. The molecule has 2 amide bonds. The molecule has 4 rings (SSSR count). The zero-order chi connectivity index (χ0) is 41.0. The summed E-state index contributed by atoms with van der Waals surface area (Å²) in [5.74, 6) is -1.60. The fourth-order valence-electron chi connectivity index (χ4n) is 7.30. The summed E-state index contributed by atoms with van der Waals surface area (Å²) in [5.41, 5.74) is 0.314. The lowest BCUT2D eigenvalue weighted by Crippen LogP contribution is -2.62. The molecule has 16 heteroatoms.